The predicted octanol–water partition coefficient (Wildman–Crippen LogP) is 7.41. The molecule has 0 radical (unpaired) electrons. The van der Waals surface area contributed by atoms with Crippen LogP contribution in [0.15, 0.2) is 126 Å². The average molecular weight is 881 g/mol. The number of pyridine rings is 1. The number of hydrogen-bond donors (Lipinski definition) is 6. The van der Waals surface area contributed by atoms with Gasteiger partial charge in [0.05, 0.1) is 30.8 Å². The Morgan fingerprint density at radius 2 is 1.66 bits per heavy atom. The van der Waals surface area contributed by atoms with Gasteiger partial charge in [0, 0.05) is 74.1 Å². The highest BCUT2D eigenvalue weighted by Gasteiger charge is 2.24. The SMILES string of the molecule is COc1ccc(CC(=O)Nc2cccc(N(C)C(=O)CCN3CCC(OC(=O)Nc4ccccc4-c4ccccc4)CC3)c2)cc1CC(C)NCC(O)c1ccc(O)c2[nH]c(=O)ccc12. The predicted molar refractivity (Wildman–Crippen MR) is 254 cm³/mol. The fourth-order valence-corrected chi connectivity index (χ4v) is 8.23. The van der Waals surface area contributed by atoms with E-state index in [1.807, 2.05) is 85.8 Å². The van der Waals surface area contributed by atoms with Crippen LogP contribution in [0.5, 0.6) is 11.5 Å². The largest absolute Gasteiger partial charge is 0.506 e. The van der Waals surface area contributed by atoms with Gasteiger partial charge in [-0.25, -0.2) is 4.79 Å². The number of ether oxygens (including phenoxy) is 2. The van der Waals surface area contributed by atoms with E-state index in [4.69, 9.17) is 9.47 Å². The Balaban J connectivity index is 0.850. The van der Waals surface area contributed by atoms with Crippen LogP contribution in [0, 0.1) is 0 Å². The molecule has 3 amide bonds. The Morgan fingerprint density at radius 1 is 0.892 bits per heavy atom. The van der Waals surface area contributed by atoms with Crippen molar-refractivity contribution in [2.75, 3.05) is 55.9 Å². The van der Waals surface area contributed by atoms with E-state index < -0.39 is 12.2 Å². The molecule has 14 nitrogen and oxygen atoms in total. The molecular formula is C51H56N6O8. The minimum absolute atomic E-state index is 0.0567. The first-order chi connectivity index (χ1) is 31.4. The number of aromatic amines is 1. The normalized spacial score (nSPS) is 14.0. The molecule has 2 heterocycles. The number of carbonyl (C=O) groups excluding carboxylic acids is 3. The van der Waals surface area contributed by atoms with E-state index in [1.165, 1.54) is 12.1 Å². The summed E-state index contributed by atoms with van der Waals surface area (Å²) < 4.78 is 11.4. The fraction of sp³-hybridized carbons (Fsp3) is 0.294. The van der Waals surface area contributed by atoms with Crippen molar-refractivity contribution in [2.24, 2.45) is 0 Å². The molecule has 2 unspecified atom stereocenters. The maximum Gasteiger partial charge on any atom is 0.411 e. The molecule has 0 bridgehead atoms. The number of rotatable bonds is 17. The molecule has 338 valence electrons. The number of carbonyl (C=O) groups is 3. The van der Waals surface area contributed by atoms with E-state index in [2.05, 4.69) is 25.8 Å². The summed E-state index contributed by atoms with van der Waals surface area (Å²) in [6, 6.07) is 36.3. The number of piperidine rings is 1. The molecule has 0 spiro atoms. The van der Waals surface area contributed by atoms with Gasteiger partial charge in [-0.2, -0.15) is 0 Å². The summed E-state index contributed by atoms with van der Waals surface area (Å²) in [7, 11) is 3.32. The van der Waals surface area contributed by atoms with Crippen LogP contribution >= 0.6 is 0 Å². The second-order valence-corrected chi connectivity index (χ2v) is 16.4. The van der Waals surface area contributed by atoms with Crippen molar-refractivity contribution in [3.05, 3.63) is 148 Å². The summed E-state index contributed by atoms with van der Waals surface area (Å²) in [5.74, 6) is 0.334. The number of benzene rings is 5. The molecule has 0 aliphatic carbocycles. The second-order valence-electron chi connectivity index (χ2n) is 16.4. The van der Waals surface area contributed by atoms with Crippen molar-refractivity contribution >= 4 is 45.9 Å². The van der Waals surface area contributed by atoms with Crippen molar-refractivity contribution in [3.63, 3.8) is 0 Å². The van der Waals surface area contributed by atoms with Crippen LogP contribution in [0.2, 0.25) is 0 Å². The van der Waals surface area contributed by atoms with Gasteiger partial charge in [0.25, 0.3) is 0 Å². The molecule has 0 saturated carbocycles. The summed E-state index contributed by atoms with van der Waals surface area (Å²) >= 11 is 0. The molecule has 6 aromatic rings. The Kier molecular flexibility index (Phi) is 15.3. The highest BCUT2D eigenvalue weighted by atomic mass is 16.6. The van der Waals surface area contributed by atoms with Gasteiger partial charge < -0.3 is 45.1 Å². The fourth-order valence-electron chi connectivity index (χ4n) is 8.23. The maximum atomic E-state index is 13.3. The number of likely N-dealkylation sites (tertiary alicyclic amines) is 1. The number of methoxy groups -OCH3 is 1. The van der Waals surface area contributed by atoms with E-state index in [1.54, 1.807) is 49.4 Å². The lowest BCUT2D eigenvalue weighted by Gasteiger charge is -2.31. The molecule has 2 atom stereocenters. The average Bonchev–Trinajstić information content (AvgIpc) is 3.31. The molecule has 1 fully saturated rings. The Hall–Kier alpha value is -7.00. The zero-order valence-electron chi connectivity index (χ0n) is 36.9. The molecule has 1 saturated heterocycles. The number of phenolic OH excluding ortho intramolecular Hbond substituents is 1. The first-order valence-corrected chi connectivity index (χ1v) is 21.9. The molecule has 6 N–H and O–H groups in total. The van der Waals surface area contributed by atoms with E-state index in [0.717, 1.165) is 22.3 Å². The molecule has 1 aliphatic heterocycles. The standard InChI is InChI=1S/C51H56N6O8/c1-33(52-32-45(59)41-17-19-44(58)50-42(41)18-21-47(60)55-50)28-36-29-34(16-20-46(36)64-3)30-48(61)53-37-12-9-13-38(31-37)56(2)49(62)24-27-57-25-22-39(23-26-57)65-51(63)54-43-15-8-7-14-40(43)35-10-5-4-6-11-35/h4-21,29,31,33,39,45,52,58-59H,22-28,30,32H2,1-3H3,(H,53,61)(H,54,63)(H,55,60). The van der Waals surface area contributed by atoms with E-state index >= 15 is 0 Å². The number of aromatic nitrogens is 1. The lowest BCUT2D eigenvalue weighted by atomic mass is 10.00. The third-order valence-corrected chi connectivity index (χ3v) is 11.8. The van der Waals surface area contributed by atoms with E-state index in [-0.39, 0.29) is 53.8 Å². The van der Waals surface area contributed by atoms with Crippen molar-refractivity contribution in [3.8, 4) is 22.6 Å². The second kappa shape index (κ2) is 21.6. The van der Waals surface area contributed by atoms with Gasteiger partial charge in [0.1, 0.15) is 17.6 Å². The quantitative estimate of drug-likeness (QED) is 0.0539. The number of hydrogen-bond acceptors (Lipinski definition) is 10. The molecule has 65 heavy (non-hydrogen) atoms. The highest BCUT2D eigenvalue weighted by Crippen LogP contribution is 2.30. The first kappa shape index (κ1) is 46.0. The number of phenols is 1. The van der Waals surface area contributed by atoms with Crippen molar-refractivity contribution in [2.45, 2.75) is 57.3 Å². The van der Waals surface area contributed by atoms with E-state index in [0.29, 0.717) is 79.1 Å². The van der Waals surface area contributed by atoms with Gasteiger partial charge in [0.2, 0.25) is 17.4 Å². The van der Waals surface area contributed by atoms with Gasteiger partial charge in [-0.1, -0.05) is 72.8 Å². The lowest BCUT2D eigenvalue weighted by molar-refractivity contribution is -0.118. The van der Waals surface area contributed by atoms with Crippen molar-refractivity contribution < 1.29 is 34.1 Å². The number of anilines is 3. The Morgan fingerprint density at radius 3 is 2.45 bits per heavy atom. The van der Waals surface area contributed by atoms with Crippen LogP contribution in [0.25, 0.3) is 22.0 Å². The van der Waals surface area contributed by atoms with Gasteiger partial charge in [-0.05, 0) is 90.9 Å². The minimum Gasteiger partial charge on any atom is -0.506 e. The van der Waals surface area contributed by atoms with Crippen molar-refractivity contribution in [1.29, 1.82) is 0 Å². The number of nitrogens with one attached hydrogen (secondary N) is 4. The van der Waals surface area contributed by atoms with Gasteiger partial charge in [-0.15, -0.1) is 0 Å². The number of aliphatic hydroxyl groups excluding tert-OH is 1. The van der Waals surface area contributed by atoms with Gasteiger partial charge in [-0.3, -0.25) is 19.7 Å². The Bertz CT molecular complexity index is 2660. The number of nitrogens with zero attached hydrogens (tertiary/aromatic N) is 2. The summed E-state index contributed by atoms with van der Waals surface area (Å²) in [6.45, 7) is 4.19. The summed E-state index contributed by atoms with van der Waals surface area (Å²) in [5.41, 5.74) is 6.03. The highest BCUT2D eigenvalue weighted by molar-refractivity contribution is 5.96. The van der Waals surface area contributed by atoms with Crippen molar-refractivity contribution in [1.82, 2.24) is 15.2 Å². The van der Waals surface area contributed by atoms with Gasteiger partial charge in [0.15, 0.2) is 0 Å². The summed E-state index contributed by atoms with van der Waals surface area (Å²) in [6.07, 6.45) is 0.711. The third kappa shape index (κ3) is 12.2. The monoisotopic (exact) mass is 880 g/mol. The number of amides is 3. The van der Waals surface area contributed by atoms with Crippen LogP contribution in [0.3, 0.4) is 0 Å². The third-order valence-electron chi connectivity index (χ3n) is 11.8. The molecule has 1 aliphatic rings. The topological polar surface area (TPSA) is 186 Å². The minimum atomic E-state index is -0.909. The van der Waals surface area contributed by atoms with Crippen LogP contribution in [0.1, 0.15) is 49.0 Å². The first-order valence-electron chi connectivity index (χ1n) is 21.9. The molecule has 7 rings (SSSR count). The zero-order chi connectivity index (χ0) is 45.9. The van der Waals surface area contributed by atoms with Crippen LogP contribution in [-0.4, -0.2) is 90.5 Å². The Labute approximate surface area is 378 Å². The van der Waals surface area contributed by atoms with Crippen LogP contribution in [0.4, 0.5) is 21.9 Å². The number of aliphatic hydroxyl groups is 1. The molecule has 14 heteroatoms. The smallest absolute Gasteiger partial charge is 0.411 e. The number of H-pyrrole nitrogens is 1. The number of para-hydroxylation sites is 1. The molecule has 5 aromatic carbocycles. The molecule has 1 aromatic heterocycles. The lowest BCUT2D eigenvalue weighted by Crippen LogP contribution is -2.40. The van der Waals surface area contributed by atoms with Crippen LogP contribution < -0.4 is 31.1 Å². The summed E-state index contributed by atoms with van der Waals surface area (Å²) in [4.78, 5) is 57.8. The number of fused-ring (bicyclic) bond motifs is 1. The van der Waals surface area contributed by atoms with Crippen LogP contribution in [-0.2, 0) is 27.2 Å². The van der Waals surface area contributed by atoms with E-state index in [9.17, 15) is 29.4 Å². The van der Waals surface area contributed by atoms with Gasteiger partial charge >= 0.3 is 6.09 Å². The number of aromatic hydroxyl groups is 1. The maximum absolute atomic E-state index is 13.3. The zero-order valence-corrected chi connectivity index (χ0v) is 36.9. The summed E-state index contributed by atoms with van der Waals surface area (Å²) in [5, 5.41) is 31.1. The molecular weight excluding hydrogens is 825 g/mol.